The molecule has 0 saturated heterocycles. The topological polar surface area (TPSA) is 77.5 Å². The molecular weight excluding hydrogens is 364 g/mol. The second kappa shape index (κ2) is 9.50. The Morgan fingerprint density at radius 3 is 2.92 bits per heavy atom. The molecule has 0 bridgehead atoms. The van der Waals surface area contributed by atoms with E-state index in [-0.39, 0.29) is 12.3 Å². The van der Waals surface area contributed by atoms with Crippen molar-refractivity contribution in [2.75, 3.05) is 20.3 Å². The predicted octanol–water partition coefficient (Wildman–Crippen LogP) is 2.70. The van der Waals surface area contributed by atoms with Crippen molar-refractivity contribution in [3.05, 3.63) is 40.4 Å². The lowest BCUT2D eigenvalue weighted by Gasteiger charge is -2.12. The molecule has 2 rings (SSSR count). The van der Waals surface area contributed by atoms with Gasteiger partial charge in [-0.25, -0.2) is 4.98 Å². The Labute approximate surface area is 155 Å². The van der Waals surface area contributed by atoms with Crippen molar-refractivity contribution < 1.29 is 19.1 Å². The maximum absolute atomic E-state index is 12.0. The lowest BCUT2D eigenvalue weighted by Crippen LogP contribution is -2.37. The molecule has 8 heteroatoms. The van der Waals surface area contributed by atoms with Gasteiger partial charge in [-0.3, -0.25) is 9.59 Å². The van der Waals surface area contributed by atoms with Crippen molar-refractivity contribution in [1.82, 2.24) is 10.3 Å². The smallest absolute Gasteiger partial charge is 0.312 e. The van der Waals surface area contributed by atoms with Crippen LogP contribution in [0.2, 0.25) is 5.02 Å². The van der Waals surface area contributed by atoms with Gasteiger partial charge in [0.2, 0.25) is 0 Å². The highest BCUT2D eigenvalue weighted by Crippen LogP contribution is 2.26. The van der Waals surface area contributed by atoms with E-state index in [4.69, 9.17) is 21.1 Å². The molecule has 25 heavy (non-hydrogen) atoms. The maximum atomic E-state index is 12.0. The Hall–Kier alpha value is -1.96. The van der Waals surface area contributed by atoms with Crippen LogP contribution >= 0.6 is 22.9 Å². The third kappa shape index (κ3) is 6.12. The van der Waals surface area contributed by atoms with Gasteiger partial charge in [-0.05, 0) is 19.1 Å². The lowest BCUT2D eigenvalue weighted by molar-refractivity contribution is -0.154. The van der Waals surface area contributed by atoms with E-state index in [9.17, 15) is 9.59 Å². The first-order chi connectivity index (χ1) is 12.0. The van der Waals surface area contributed by atoms with E-state index in [1.807, 2.05) is 18.2 Å². The van der Waals surface area contributed by atoms with Gasteiger partial charge < -0.3 is 14.8 Å². The van der Waals surface area contributed by atoms with Crippen molar-refractivity contribution in [3.8, 4) is 10.6 Å². The van der Waals surface area contributed by atoms with Crippen LogP contribution in [0.4, 0.5) is 0 Å². The quantitative estimate of drug-likeness (QED) is 0.561. The molecule has 0 aliphatic heterocycles. The standard InChI is InChI=1S/C17H19ClN2O4S/c1-11(16(22)19-6-7-23-2)24-15(21)9-14-10-25-17(20-14)12-4-3-5-13(18)8-12/h3-5,8,10-11H,6-7,9H2,1-2H3,(H,19,22)/t11-/m1/s1. The second-order valence-corrected chi connectivity index (χ2v) is 6.54. The molecular formula is C17H19ClN2O4S. The Balaban J connectivity index is 1.88. The average Bonchev–Trinajstić information content (AvgIpc) is 3.03. The van der Waals surface area contributed by atoms with Gasteiger partial charge in [0.15, 0.2) is 6.10 Å². The van der Waals surface area contributed by atoms with Gasteiger partial charge in [-0.1, -0.05) is 23.7 Å². The normalized spacial score (nSPS) is 11.8. The van der Waals surface area contributed by atoms with Crippen LogP contribution in [-0.2, 0) is 25.5 Å². The number of amides is 1. The number of hydrogen-bond donors (Lipinski definition) is 1. The molecule has 2 aromatic rings. The summed E-state index contributed by atoms with van der Waals surface area (Å²) in [6.45, 7) is 2.29. The fourth-order valence-electron chi connectivity index (χ4n) is 2.00. The molecule has 6 nitrogen and oxygen atoms in total. The molecule has 1 atom stereocenters. The fourth-order valence-corrected chi connectivity index (χ4v) is 3.01. The van der Waals surface area contributed by atoms with Gasteiger partial charge >= 0.3 is 5.97 Å². The number of hydrogen-bond acceptors (Lipinski definition) is 6. The van der Waals surface area contributed by atoms with Gasteiger partial charge in [-0.2, -0.15) is 0 Å². The molecule has 1 aromatic carbocycles. The van der Waals surface area contributed by atoms with Gasteiger partial charge in [0.05, 0.1) is 18.7 Å². The molecule has 134 valence electrons. The molecule has 0 radical (unpaired) electrons. The molecule has 1 heterocycles. The highest BCUT2D eigenvalue weighted by Gasteiger charge is 2.18. The Morgan fingerprint density at radius 1 is 1.40 bits per heavy atom. The van der Waals surface area contributed by atoms with Gasteiger partial charge in [-0.15, -0.1) is 11.3 Å². The first kappa shape index (κ1) is 19.4. The summed E-state index contributed by atoms with van der Waals surface area (Å²) in [5.74, 6) is -0.861. The molecule has 0 unspecified atom stereocenters. The van der Waals surface area contributed by atoms with Crippen LogP contribution in [0.1, 0.15) is 12.6 Å². The number of benzene rings is 1. The zero-order valence-corrected chi connectivity index (χ0v) is 15.5. The SMILES string of the molecule is COCCNC(=O)[C@@H](C)OC(=O)Cc1csc(-c2cccc(Cl)c2)n1. The first-order valence-electron chi connectivity index (χ1n) is 7.66. The van der Waals surface area contributed by atoms with Crippen molar-refractivity contribution in [1.29, 1.82) is 0 Å². The van der Waals surface area contributed by atoms with E-state index in [1.54, 1.807) is 18.6 Å². The number of carbonyl (C=O) groups excluding carboxylic acids is 2. The monoisotopic (exact) mass is 382 g/mol. The zero-order chi connectivity index (χ0) is 18.2. The molecule has 0 aliphatic carbocycles. The Morgan fingerprint density at radius 2 is 2.20 bits per heavy atom. The summed E-state index contributed by atoms with van der Waals surface area (Å²) in [4.78, 5) is 28.1. The van der Waals surface area contributed by atoms with Crippen LogP contribution in [0.15, 0.2) is 29.6 Å². The van der Waals surface area contributed by atoms with Crippen LogP contribution in [-0.4, -0.2) is 43.2 Å². The van der Waals surface area contributed by atoms with Crippen molar-refractivity contribution in [3.63, 3.8) is 0 Å². The minimum atomic E-state index is -0.865. The third-order valence-corrected chi connectivity index (χ3v) is 4.41. The van der Waals surface area contributed by atoms with E-state index in [0.29, 0.717) is 23.9 Å². The van der Waals surface area contributed by atoms with Gasteiger partial charge in [0, 0.05) is 29.6 Å². The maximum Gasteiger partial charge on any atom is 0.312 e. The number of ether oxygens (including phenoxy) is 2. The summed E-state index contributed by atoms with van der Waals surface area (Å²) in [5, 5.41) is 5.81. The number of nitrogens with one attached hydrogen (secondary N) is 1. The number of methoxy groups -OCH3 is 1. The Kier molecular flexibility index (Phi) is 7.36. The van der Waals surface area contributed by atoms with E-state index >= 15 is 0 Å². The summed E-state index contributed by atoms with van der Waals surface area (Å²) in [6.07, 6.45) is -0.859. The number of aromatic nitrogens is 1. The summed E-state index contributed by atoms with van der Waals surface area (Å²) < 4.78 is 9.97. The number of nitrogens with zero attached hydrogens (tertiary/aromatic N) is 1. The van der Waals surface area contributed by atoms with Crippen molar-refractivity contribution in [2.24, 2.45) is 0 Å². The highest BCUT2D eigenvalue weighted by atomic mass is 35.5. The summed E-state index contributed by atoms with van der Waals surface area (Å²) in [7, 11) is 1.54. The van der Waals surface area contributed by atoms with Gasteiger partial charge in [0.1, 0.15) is 5.01 Å². The average molecular weight is 383 g/mol. The third-order valence-electron chi connectivity index (χ3n) is 3.23. The lowest BCUT2D eigenvalue weighted by atomic mass is 10.2. The molecule has 1 N–H and O–H groups in total. The van der Waals surface area contributed by atoms with Crippen LogP contribution in [0.25, 0.3) is 10.6 Å². The molecule has 0 saturated carbocycles. The van der Waals surface area contributed by atoms with Gasteiger partial charge in [0.25, 0.3) is 5.91 Å². The minimum absolute atomic E-state index is 0.00670. The fraction of sp³-hybridized carbons (Fsp3) is 0.353. The minimum Gasteiger partial charge on any atom is -0.452 e. The largest absolute Gasteiger partial charge is 0.452 e. The number of rotatable bonds is 8. The number of esters is 1. The van der Waals surface area contributed by atoms with Crippen LogP contribution < -0.4 is 5.32 Å². The summed E-state index contributed by atoms with van der Waals surface area (Å²) in [6, 6.07) is 7.35. The number of carbonyl (C=O) groups is 2. The van der Waals surface area contributed by atoms with Crippen molar-refractivity contribution >= 4 is 34.8 Å². The summed E-state index contributed by atoms with van der Waals surface area (Å²) >= 11 is 7.40. The second-order valence-electron chi connectivity index (χ2n) is 5.25. The predicted molar refractivity (Wildman–Crippen MR) is 96.7 cm³/mol. The highest BCUT2D eigenvalue weighted by molar-refractivity contribution is 7.13. The van der Waals surface area contributed by atoms with Crippen LogP contribution in [0, 0.1) is 0 Å². The molecule has 1 aromatic heterocycles. The first-order valence-corrected chi connectivity index (χ1v) is 8.92. The van der Waals surface area contributed by atoms with E-state index in [1.165, 1.54) is 18.3 Å². The Bertz CT molecular complexity index is 735. The number of thiazole rings is 1. The van der Waals surface area contributed by atoms with E-state index in [0.717, 1.165) is 10.6 Å². The van der Waals surface area contributed by atoms with Crippen LogP contribution in [0.5, 0.6) is 0 Å². The van der Waals surface area contributed by atoms with Crippen molar-refractivity contribution in [2.45, 2.75) is 19.4 Å². The molecule has 1 amide bonds. The molecule has 0 fully saturated rings. The van der Waals surface area contributed by atoms with Crippen LogP contribution in [0.3, 0.4) is 0 Å². The molecule has 0 aliphatic rings. The van der Waals surface area contributed by atoms with E-state index in [2.05, 4.69) is 10.3 Å². The summed E-state index contributed by atoms with van der Waals surface area (Å²) in [5.41, 5.74) is 1.49. The van der Waals surface area contributed by atoms with E-state index < -0.39 is 12.1 Å². The molecule has 0 spiro atoms. The number of halogens is 1. The zero-order valence-electron chi connectivity index (χ0n) is 14.0.